The minimum Gasteiger partial charge on any atom is -0.385 e. The van der Waals surface area contributed by atoms with Gasteiger partial charge in [0.1, 0.15) is 5.82 Å². The molecule has 1 aromatic carbocycles. The number of halogens is 1. The maximum absolute atomic E-state index is 12.9. The first-order valence-corrected chi connectivity index (χ1v) is 6.84. The Bertz CT molecular complexity index is 462. The predicted octanol–water partition coefficient (Wildman–Crippen LogP) is 1.72. The van der Waals surface area contributed by atoms with Crippen molar-refractivity contribution in [2.45, 2.75) is 19.8 Å². The van der Waals surface area contributed by atoms with Gasteiger partial charge in [-0.15, -0.1) is 0 Å². The maximum Gasteiger partial charge on any atom is 0.223 e. The first-order chi connectivity index (χ1) is 10.0. The van der Waals surface area contributed by atoms with Crippen LogP contribution in [0.3, 0.4) is 0 Å². The van der Waals surface area contributed by atoms with E-state index in [9.17, 15) is 14.0 Å². The summed E-state index contributed by atoms with van der Waals surface area (Å²) in [6, 6.07) is 5.62. The number of nitrogens with zero attached hydrogens (tertiary/aromatic N) is 1. The second-order valence-electron chi connectivity index (χ2n) is 4.59. The van der Waals surface area contributed by atoms with E-state index in [1.807, 2.05) is 0 Å². The zero-order valence-electron chi connectivity index (χ0n) is 12.4. The zero-order valence-corrected chi connectivity index (χ0v) is 12.4. The number of amides is 2. The summed E-state index contributed by atoms with van der Waals surface area (Å²) in [5.74, 6) is -0.675. The number of ether oxygens (including phenoxy) is 1. The average Bonchev–Trinajstić information content (AvgIpc) is 2.45. The smallest absolute Gasteiger partial charge is 0.223 e. The summed E-state index contributed by atoms with van der Waals surface area (Å²) in [6.45, 7) is 2.82. The maximum atomic E-state index is 12.9. The summed E-state index contributed by atoms with van der Waals surface area (Å²) >= 11 is 0. The third-order valence-electron chi connectivity index (χ3n) is 2.93. The van der Waals surface area contributed by atoms with Gasteiger partial charge in [-0.1, -0.05) is 0 Å². The van der Waals surface area contributed by atoms with Gasteiger partial charge in [-0.05, 0) is 30.7 Å². The van der Waals surface area contributed by atoms with Crippen LogP contribution in [0.1, 0.15) is 19.8 Å². The van der Waals surface area contributed by atoms with E-state index in [-0.39, 0.29) is 30.6 Å². The van der Waals surface area contributed by atoms with Gasteiger partial charge in [0, 0.05) is 45.8 Å². The van der Waals surface area contributed by atoms with Crippen LogP contribution in [0.25, 0.3) is 0 Å². The number of benzene rings is 1. The Morgan fingerprint density at radius 3 is 2.52 bits per heavy atom. The Labute approximate surface area is 124 Å². The molecule has 0 bridgehead atoms. The van der Waals surface area contributed by atoms with E-state index in [0.717, 1.165) is 6.42 Å². The summed E-state index contributed by atoms with van der Waals surface area (Å²) in [4.78, 5) is 24.7. The molecule has 0 aliphatic heterocycles. The van der Waals surface area contributed by atoms with E-state index in [4.69, 9.17) is 4.74 Å². The molecule has 21 heavy (non-hydrogen) atoms. The highest BCUT2D eigenvalue weighted by atomic mass is 19.1. The van der Waals surface area contributed by atoms with Gasteiger partial charge >= 0.3 is 0 Å². The standard InChI is InChI=1S/C15H21FN2O3/c1-12(19)18(14-6-4-13(16)5-7-14)10-8-15(20)17-9-3-11-21-2/h4-7H,3,8-11H2,1-2H3,(H,17,20). The average molecular weight is 296 g/mol. The molecule has 0 spiro atoms. The van der Waals surface area contributed by atoms with Crippen molar-refractivity contribution in [3.05, 3.63) is 30.1 Å². The quantitative estimate of drug-likeness (QED) is 0.743. The van der Waals surface area contributed by atoms with Gasteiger partial charge in [0.15, 0.2) is 0 Å². The van der Waals surface area contributed by atoms with Crippen LogP contribution in [0.5, 0.6) is 0 Å². The fraction of sp³-hybridized carbons (Fsp3) is 0.467. The van der Waals surface area contributed by atoms with Crippen molar-refractivity contribution >= 4 is 17.5 Å². The van der Waals surface area contributed by atoms with Crippen molar-refractivity contribution in [3.8, 4) is 0 Å². The Hall–Kier alpha value is -1.95. The van der Waals surface area contributed by atoms with Gasteiger partial charge in [-0.2, -0.15) is 0 Å². The number of anilines is 1. The Kier molecular flexibility index (Phi) is 7.39. The Morgan fingerprint density at radius 2 is 1.95 bits per heavy atom. The second kappa shape index (κ2) is 9.07. The summed E-state index contributed by atoms with van der Waals surface area (Å²) in [7, 11) is 1.61. The van der Waals surface area contributed by atoms with Crippen molar-refractivity contribution in [3.63, 3.8) is 0 Å². The molecule has 1 rings (SSSR count). The largest absolute Gasteiger partial charge is 0.385 e. The summed E-state index contributed by atoms with van der Waals surface area (Å²) in [5.41, 5.74) is 0.580. The number of methoxy groups -OCH3 is 1. The molecule has 6 heteroatoms. The van der Waals surface area contributed by atoms with E-state index in [1.54, 1.807) is 7.11 Å². The number of nitrogens with one attached hydrogen (secondary N) is 1. The summed E-state index contributed by atoms with van der Waals surface area (Å²) in [5, 5.41) is 2.76. The highest BCUT2D eigenvalue weighted by Crippen LogP contribution is 2.15. The molecular weight excluding hydrogens is 275 g/mol. The molecule has 0 fully saturated rings. The molecule has 0 saturated heterocycles. The molecule has 2 amide bonds. The van der Waals surface area contributed by atoms with Crippen LogP contribution >= 0.6 is 0 Å². The van der Waals surface area contributed by atoms with Gasteiger partial charge in [0.2, 0.25) is 11.8 Å². The number of hydrogen-bond acceptors (Lipinski definition) is 3. The third-order valence-corrected chi connectivity index (χ3v) is 2.93. The second-order valence-corrected chi connectivity index (χ2v) is 4.59. The molecule has 1 N–H and O–H groups in total. The number of carbonyl (C=O) groups excluding carboxylic acids is 2. The first kappa shape index (κ1) is 17.1. The number of rotatable bonds is 8. The highest BCUT2D eigenvalue weighted by Gasteiger charge is 2.13. The molecule has 116 valence electrons. The molecule has 0 radical (unpaired) electrons. The van der Waals surface area contributed by atoms with Crippen LogP contribution < -0.4 is 10.2 Å². The van der Waals surface area contributed by atoms with Crippen molar-refractivity contribution in [2.75, 3.05) is 31.7 Å². The molecule has 0 unspecified atom stereocenters. The fourth-order valence-corrected chi connectivity index (χ4v) is 1.84. The van der Waals surface area contributed by atoms with Gasteiger partial charge < -0.3 is 15.0 Å². The molecule has 1 aromatic rings. The van der Waals surface area contributed by atoms with Gasteiger partial charge in [-0.3, -0.25) is 9.59 Å². The predicted molar refractivity (Wildman–Crippen MR) is 78.5 cm³/mol. The van der Waals surface area contributed by atoms with E-state index in [2.05, 4.69) is 5.32 Å². The topological polar surface area (TPSA) is 58.6 Å². The lowest BCUT2D eigenvalue weighted by atomic mass is 10.2. The fourth-order valence-electron chi connectivity index (χ4n) is 1.84. The summed E-state index contributed by atoms with van der Waals surface area (Å²) < 4.78 is 17.8. The van der Waals surface area contributed by atoms with E-state index in [0.29, 0.717) is 18.8 Å². The number of carbonyl (C=O) groups is 2. The lowest BCUT2D eigenvalue weighted by Gasteiger charge is -2.21. The van der Waals surface area contributed by atoms with Crippen molar-refractivity contribution in [1.29, 1.82) is 0 Å². The Morgan fingerprint density at radius 1 is 1.29 bits per heavy atom. The minimum atomic E-state index is -0.363. The zero-order chi connectivity index (χ0) is 15.7. The molecule has 0 aliphatic carbocycles. The van der Waals surface area contributed by atoms with E-state index in [1.165, 1.54) is 36.1 Å². The lowest BCUT2D eigenvalue weighted by Crippen LogP contribution is -2.34. The first-order valence-electron chi connectivity index (χ1n) is 6.84. The van der Waals surface area contributed by atoms with Crippen LogP contribution in [0.15, 0.2) is 24.3 Å². The van der Waals surface area contributed by atoms with Crippen LogP contribution in [-0.2, 0) is 14.3 Å². The molecule has 0 saturated carbocycles. The SMILES string of the molecule is COCCCNC(=O)CCN(C(C)=O)c1ccc(F)cc1. The molecule has 0 heterocycles. The van der Waals surface area contributed by atoms with Crippen molar-refractivity contribution < 1.29 is 18.7 Å². The third kappa shape index (κ3) is 6.35. The van der Waals surface area contributed by atoms with Crippen LogP contribution in [0, 0.1) is 5.82 Å². The van der Waals surface area contributed by atoms with Crippen molar-refractivity contribution in [2.24, 2.45) is 0 Å². The molecule has 0 aliphatic rings. The molecule has 0 aromatic heterocycles. The summed E-state index contributed by atoms with van der Waals surface area (Å²) in [6.07, 6.45) is 0.945. The van der Waals surface area contributed by atoms with Crippen molar-refractivity contribution in [1.82, 2.24) is 5.32 Å². The van der Waals surface area contributed by atoms with E-state index >= 15 is 0 Å². The van der Waals surface area contributed by atoms with Gasteiger partial charge in [0.05, 0.1) is 0 Å². The van der Waals surface area contributed by atoms with E-state index < -0.39 is 0 Å². The van der Waals surface area contributed by atoms with Crippen LogP contribution in [0.4, 0.5) is 10.1 Å². The normalized spacial score (nSPS) is 10.2. The molecule has 0 atom stereocenters. The minimum absolute atomic E-state index is 0.125. The molecular formula is C15H21FN2O3. The highest BCUT2D eigenvalue weighted by molar-refractivity contribution is 5.92. The lowest BCUT2D eigenvalue weighted by molar-refractivity contribution is -0.121. The van der Waals surface area contributed by atoms with Gasteiger partial charge in [-0.25, -0.2) is 4.39 Å². The van der Waals surface area contributed by atoms with Crippen LogP contribution in [-0.4, -0.2) is 38.6 Å². The monoisotopic (exact) mass is 296 g/mol. The van der Waals surface area contributed by atoms with Gasteiger partial charge in [0.25, 0.3) is 0 Å². The Balaban J connectivity index is 2.46. The molecule has 5 nitrogen and oxygen atoms in total. The number of hydrogen-bond donors (Lipinski definition) is 1. The van der Waals surface area contributed by atoms with Crippen LogP contribution in [0.2, 0.25) is 0 Å².